The number of carbonyl (C=O) groups excluding carboxylic acids is 1. The van der Waals surface area contributed by atoms with E-state index in [1.165, 1.54) is 28.4 Å². The average Bonchev–Trinajstić information content (AvgIpc) is 3.10. The van der Waals surface area contributed by atoms with Gasteiger partial charge >= 0.3 is 5.97 Å². The number of carboxylic acid groups (broad SMARTS) is 1. The van der Waals surface area contributed by atoms with Crippen LogP contribution < -0.4 is 0 Å². The smallest absolute Gasteiger partial charge is 0.352 e. The number of alkyl halides is 1. The van der Waals surface area contributed by atoms with Gasteiger partial charge in [0.2, 0.25) is 5.91 Å². The van der Waals surface area contributed by atoms with Crippen LogP contribution in [0.1, 0.15) is 0 Å². The van der Waals surface area contributed by atoms with Gasteiger partial charge < -0.3 is 9.52 Å². The van der Waals surface area contributed by atoms with Crippen molar-refractivity contribution in [1.29, 1.82) is 0 Å². The van der Waals surface area contributed by atoms with Crippen LogP contribution in [0.5, 0.6) is 0 Å². The van der Waals surface area contributed by atoms with Crippen LogP contribution in [-0.4, -0.2) is 43.6 Å². The number of rotatable bonds is 4. The number of furan rings is 1. The second kappa shape index (κ2) is 6.47. The molecule has 2 unspecified atom stereocenters. The average molecular weight is 432 g/mol. The highest BCUT2D eigenvalue weighted by molar-refractivity contribution is 8.05. The number of benzene rings is 2. The van der Waals surface area contributed by atoms with Crippen LogP contribution in [0.4, 0.5) is 0 Å². The number of nitrogens with zero attached hydrogens (tertiary/aromatic N) is 1. The Balaban J connectivity index is 1.58. The molecular weight excluding hydrogens is 418 g/mol. The minimum Gasteiger partial charge on any atom is -0.477 e. The van der Waals surface area contributed by atoms with Gasteiger partial charge in [-0.25, -0.2) is 4.79 Å². The van der Waals surface area contributed by atoms with Crippen molar-refractivity contribution in [1.82, 2.24) is 4.90 Å². The van der Waals surface area contributed by atoms with E-state index in [0.717, 1.165) is 26.8 Å². The predicted octanol–water partition coefficient (Wildman–Crippen LogP) is 4.54. The summed E-state index contributed by atoms with van der Waals surface area (Å²) in [5.41, 5.74) is 1.58. The molecule has 2 atom stereocenters. The Kier molecular flexibility index (Phi) is 4.15. The lowest BCUT2D eigenvalue weighted by molar-refractivity contribution is -0.149. The van der Waals surface area contributed by atoms with Gasteiger partial charge in [-0.3, -0.25) is 9.69 Å². The van der Waals surface area contributed by atoms with Gasteiger partial charge in [-0.15, -0.1) is 35.1 Å². The number of fused-ring (bicyclic) bond motifs is 4. The van der Waals surface area contributed by atoms with Crippen molar-refractivity contribution in [3.63, 3.8) is 0 Å². The topological polar surface area (TPSA) is 70.7 Å². The zero-order chi connectivity index (χ0) is 19.5. The molecule has 1 amide bonds. The second-order valence-corrected chi connectivity index (χ2v) is 9.33. The molecule has 2 aliphatic rings. The molecule has 5 rings (SSSR count). The van der Waals surface area contributed by atoms with Crippen LogP contribution >= 0.6 is 35.1 Å². The van der Waals surface area contributed by atoms with Crippen molar-refractivity contribution in [2.45, 2.75) is 15.0 Å². The van der Waals surface area contributed by atoms with E-state index in [0.29, 0.717) is 5.75 Å². The molecule has 3 aromatic rings. The molecule has 0 spiro atoms. The van der Waals surface area contributed by atoms with Crippen LogP contribution in [0.15, 0.2) is 63.6 Å². The lowest BCUT2D eigenvalue weighted by Crippen LogP contribution is -2.73. The Morgan fingerprint density at radius 1 is 1.29 bits per heavy atom. The van der Waals surface area contributed by atoms with Gasteiger partial charge in [0, 0.05) is 21.4 Å². The summed E-state index contributed by atoms with van der Waals surface area (Å²) in [6, 6.07) is 13.6. The Hall–Kier alpha value is -2.09. The third-order valence-electron chi connectivity index (χ3n) is 5.10. The van der Waals surface area contributed by atoms with E-state index >= 15 is 0 Å². The summed E-state index contributed by atoms with van der Waals surface area (Å²) < 4.78 is 5.93. The van der Waals surface area contributed by atoms with Crippen molar-refractivity contribution in [3.05, 3.63) is 54.2 Å². The Bertz CT molecular complexity index is 1170. The maximum Gasteiger partial charge on any atom is 0.352 e. The zero-order valence-corrected chi connectivity index (χ0v) is 16.8. The first kappa shape index (κ1) is 18.0. The van der Waals surface area contributed by atoms with Gasteiger partial charge in [0.05, 0.1) is 5.88 Å². The van der Waals surface area contributed by atoms with E-state index in [2.05, 4.69) is 0 Å². The summed E-state index contributed by atoms with van der Waals surface area (Å²) in [5, 5.41) is 11.0. The molecule has 3 heterocycles. The summed E-state index contributed by atoms with van der Waals surface area (Å²) >= 11 is 9.24. The highest BCUT2D eigenvalue weighted by Gasteiger charge is 2.64. The van der Waals surface area contributed by atoms with E-state index in [1.807, 2.05) is 42.5 Å². The number of aliphatic carboxylic acids is 1. The predicted molar refractivity (Wildman–Crippen MR) is 112 cm³/mol. The molecule has 28 heavy (non-hydrogen) atoms. The molecule has 1 aromatic heterocycles. The first-order chi connectivity index (χ1) is 13.6. The van der Waals surface area contributed by atoms with Gasteiger partial charge in [0.1, 0.15) is 27.0 Å². The van der Waals surface area contributed by atoms with Gasteiger partial charge in [0.15, 0.2) is 0 Å². The third-order valence-corrected chi connectivity index (χ3v) is 8.64. The maximum absolute atomic E-state index is 12.9. The largest absolute Gasteiger partial charge is 0.477 e. The number of carbonyl (C=O) groups is 2. The quantitative estimate of drug-likeness (QED) is 0.483. The van der Waals surface area contributed by atoms with Gasteiger partial charge in [-0.1, -0.05) is 24.3 Å². The van der Waals surface area contributed by atoms with Gasteiger partial charge in [-0.05, 0) is 24.3 Å². The van der Waals surface area contributed by atoms with Crippen molar-refractivity contribution in [2.75, 3.05) is 11.6 Å². The van der Waals surface area contributed by atoms with Crippen LogP contribution in [0.3, 0.4) is 0 Å². The summed E-state index contributed by atoms with van der Waals surface area (Å²) in [4.78, 5) is 26.0. The van der Waals surface area contributed by atoms with Crippen molar-refractivity contribution < 1.29 is 19.1 Å². The molecule has 0 radical (unpaired) electrons. The van der Waals surface area contributed by atoms with Crippen LogP contribution in [-0.2, 0) is 9.59 Å². The van der Waals surface area contributed by atoms with Crippen molar-refractivity contribution in [3.8, 4) is 0 Å². The standard InChI is InChI=1S/C20H14ClNO4S2/c21-10-20-17(18(23)22(20)12(19(24)25)8-9-27-20)28-15-7-3-6-14-16(15)11-4-1-2-5-13(11)26-14/h1-8,17H,9-10H2,(H,24,25). The van der Waals surface area contributed by atoms with Crippen LogP contribution in [0, 0.1) is 0 Å². The summed E-state index contributed by atoms with van der Waals surface area (Å²) in [5.74, 6) is -0.659. The number of hydrogen-bond donors (Lipinski definition) is 1. The number of halogens is 1. The molecule has 0 aliphatic carbocycles. The molecule has 1 N–H and O–H groups in total. The number of para-hydroxylation sites is 1. The van der Waals surface area contributed by atoms with Gasteiger partial charge in [-0.2, -0.15) is 0 Å². The minimum atomic E-state index is -1.10. The highest BCUT2D eigenvalue weighted by atomic mass is 35.5. The summed E-state index contributed by atoms with van der Waals surface area (Å²) in [7, 11) is 0. The summed E-state index contributed by atoms with van der Waals surface area (Å²) in [6.45, 7) is 0. The number of thioether (sulfide) groups is 2. The van der Waals surface area contributed by atoms with E-state index in [1.54, 1.807) is 6.08 Å². The van der Waals surface area contributed by atoms with E-state index < -0.39 is 16.1 Å². The monoisotopic (exact) mass is 431 g/mol. The Morgan fingerprint density at radius 2 is 2.07 bits per heavy atom. The van der Waals surface area contributed by atoms with E-state index in [9.17, 15) is 14.7 Å². The fourth-order valence-corrected chi connectivity index (χ4v) is 7.27. The van der Waals surface area contributed by atoms with Crippen LogP contribution in [0.25, 0.3) is 21.9 Å². The molecule has 5 nitrogen and oxygen atoms in total. The molecule has 8 heteroatoms. The lowest BCUT2D eigenvalue weighted by Gasteiger charge is -2.57. The zero-order valence-electron chi connectivity index (χ0n) is 14.4. The van der Waals surface area contributed by atoms with Crippen molar-refractivity contribution >= 4 is 68.9 Å². The SMILES string of the molecule is O=C(O)C1=CCSC2(CCl)C(Sc3cccc4oc5ccccc5c34)C(=O)N12. The Labute approximate surface area is 173 Å². The molecule has 1 saturated heterocycles. The third kappa shape index (κ3) is 2.36. The normalized spacial score (nSPS) is 24.2. The maximum atomic E-state index is 12.9. The molecule has 142 valence electrons. The molecular formula is C20H14ClNO4S2. The number of hydrogen-bond acceptors (Lipinski definition) is 5. The fourth-order valence-electron chi connectivity index (χ4n) is 3.83. The molecule has 1 fully saturated rings. The first-order valence-electron chi connectivity index (χ1n) is 8.61. The minimum absolute atomic E-state index is 0.0215. The summed E-state index contributed by atoms with van der Waals surface area (Å²) in [6.07, 6.45) is 1.57. The van der Waals surface area contributed by atoms with Gasteiger partial charge in [0.25, 0.3) is 0 Å². The highest BCUT2D eigenvalue weighted by Crippen LogP contribution is 2.55. The Morgan fingerprint density at radius 3 is 2.86 bits per heavy atom. The van der Waals surface area contributed by atoms with E-state index in [4.69, 9.17) is 16.0 Å². The molecule has 2 aliphatic heterocycles. The molecule has 0 bridgehead atoms. The second-order valence-electron chi connectivity index (χ2n) is 6.58. The molecule has 2 aromatic carbocycles. The molecule has 0 saturated carbocycles. The number of carboxylic acids is 1. The number of amides is 1. The van der Waals surface area contributed by atoms with Crippen LogP contribution in [0.2, 0.25) is 0 Å². The van der Waals surface area contributed by atoms with E-state index in [-0.39, 0.29) is 17.5 Å². The first-order valence-corrected chi connectivity index (χ1v) is 11.0. The lowest BCUT2D eigenvalue weighted by atomic mass is 10.00. The van der Waals surface area contributed by atoms with Crippen molar-refractivity contribution in [2.24, 2.45) is 0 Å². The fraction of sp³-hybridized carbons (Fsp3) is 0.200. The number of β-lactam (4-membered cyclic amide) rings is 1.